The number of rotatable bonds is 6. The predicted molar refractivity (Wildman–Crippen MR) is 79.9 cm³/mol. The van der Waals surface area contributed by atoms with Crippen LogP contribution in [0.3, 0.4) is 0 Å². The molecule has 21 heavy (non-hydrogen) atoms. The molecule has 2 aromatic rings. The van der Waals surface area contributed by atoms with Crippen LogP contribution in [0.5, 0.6) is 0 Å². The molecular weight excluding hydrogens is 292 g/mol. The second-order valence-corrected chi connectivity index (χ2v) is 4.85. The lowest BCUT2D eigenvalue weighted by molar-refractivity contribution is -0.124. The molecule has 2 N–H and O–H groups in total. The summed E-state index contributed by atoms with van der Waals surface area (Å²) >= 11 is 5.75. The molecule has 0 aliphatic heterocycles. The van der Waals surface area contributed by atoms with Crippen LogP contribution < -0.4 is 10.6 Å². The molecule has 0 spiro atoms. The van der Waals surface area contributed by atoms with Crippen LogP contribution in [-0.4, -0.2) is 11.8 Å². The molecule has 2 rings (SSSR count). The van der Waals surface area contributed by atoms with Crippen molar-refractivity contribution in [3.8, 4) is 0 Å². The molecule has 1 aromatic carbocycles. The molecule has 0 radical (unpaired) electrons. The highest BCUT2D eigenvalue weighted by atomic mass is 35.5. The highest BCUT2D eigenvalue weighted by Gasteiger charge is 2.07. The second-order valence-electron chi connectivity index (χ2n) is 4.41. The van der Waals surface area contributed by atoms with Crippen LogP contribution in [0.25, 0.3) is 0 Å². The zero-order chi connectivity index (χ0) is 15.1. The summed E-state index contributed by atoms with van der Waals surface area (Å²) in [5.74, 6) is 0.261. The molecular formula is C15H15ClN2O3. The van der Waals surface area contributed by atoms with E-state index in [1.807, 2.05) is 0 Å². The molecule has 0 fully saturated rings. The van der Waals surface area contributed by atoms with E-state index in [-0.39, 0.29) is 24.7 Å². The number of carbonyl (C=O) groups excluding carboxylic acids is 2. The van der Waals surface area contributed by atoms with E-state index in [1.54, 1.807) is 42.7 Å². The largest absolute Gasteiger partial charge is 0.467 e. The van der Waals surface area contributed by atoms with Crippen LogP contribution >= 0.6 is 11.6 Å². The molecule has 0 aliphatic carbocycles. The first-order valence-electron chi connectivity index (χ1n) is 6.48. The molecule has 0 aliphatic rings. The van der Waals surface area contributed by atoms with Crippen molar-refractivity contribution in [1.29, 1.82) is 0 Å². The number of furan rings is 1. The van der Waals surface area contributed by atoms with Crippen LogP contribution in [0.15, 0.2) is 47.1 Å². The highest BCUT2D eigenvalue weighted by molar-refractivity contribution is 6.30. The lowest BCUT2D eigenvalue weighted by Crippen LogP contribution is -2.24. The first-order chi connectivity index (χ1) is 10.1. The fraction of sp³-hybridized carbons (Fsp3) is 0.200. The minimum Gasteiger partial charge on any atom is -0.467 e. The van der Waals surface area contributed by atoms with Crippen LogP contribution in [0.2, 0.25) is 5.02 Å². The summed E-state index contributed by atoms with van der Waals surface area (Å²) in [7, 11) is 0. The van der Waals surface area contributed by atoms with Gasteiger partial charge in [0, 0.05) is 23.6 Å². The van der Waals surface area contributed by atoms with Crippen LogP contribution in [-0.2, 0) is 16.1 Å². The molecule has 2 amide bonds. The Hall–Kier alpha value is -2.27. The summed E-state index contributed by atoms with van der Waals surface area (Å²) in [4.78, 5) is 23.3. The van der Waals surface area contributed by atoms with Gasteiger partial charge in [-0.15, -0.1) is 0 Å². The van der Waals surface area contributed by atoms with Gasteiger partial charge in [0.05, 0.1) is 12.8 Å². The number of carbonyl (C=O) groups is 2. The van der Waals surface area contributed by atoms with E-state index in [0.717, 1.165) is 0 Å². The standard InChI is InChI=1S/C15H15ClN2O3/c16-11-3-5-12(6-4-11)18-15(20)8-7-14(19)17-10-13-2-1-9-21-13/h1-6,9H,7-8,10H2,(H,17,19)(H,18,20). The van der Waals surface area contributed by atoms with E-state index < -0.39 is 0 Å². The Morgan fingerprint density at radius 3 is 2.43 bits per heavy atom. The third-order valence-corrected chi connectivity index (χ3v) is 3.00. The fourth-order valence-corrected chi connectivity index (χ4v) is 1.80. The molecule has 0 bridgehead atoms. The quantitative estimate of drug-likeness (QED) is 0.862. The molecule has 0 unspecified atom stereocenters. The van der Waals surface area contributed by atoms with Gasteiger partial charge in [-0.25, -0.2) is 0 Å². The van der Waals surface area contributed by atoms with Gasteiger partial charge in [-0.2, -0.15) is 0 Å². The Bertz CT molecular complexity index is 594. The maximum Gasteiger partial charge on any atom is 0.224 e. The van der Waals surface area contributed by atoms with E-state index >= 15 is 0 Å². The fourth-order valence-electron chi connectivity index (χ4n) is 1.67. The second kappa shape index (κ2) is 7.50. The van der Waals surface area contributed by atoms with Crippen molar-refractivity contribution in [1.82, 2.24) is 5.32 Å². The number of hydrogen-bond donors (Lipinski definition) is 2. The van der Waals surface area contributed by atoms with E-state index in [9.17, 15) is 9.59 Å². The van der Waals surface area contributed by atoms with Crippen LogP contribution in [0.4, 0.5) is 5.69 Å². The number of amides is 2. The summed E-state index contributed by atoms with van der Waals surface area (Å²) in [6.07, 6.45) is 1.79. The number of benzene rings is 1. The lowest BCUT2D eigenvalue weighted by atomic mass is 10.2. The molecule has 6 heteroatoms. The molecule has 1 heterocycles. The zero-order valence-corrected chi connectivity index (χ0v) is 12.0. The minimum absolute atomic E-state index is 0.118. The normalized spacial score (nSPS) is 10.1. The van der Waals surface area contributed by atoms with E-state index in [4.69, 9.17) is 16.0 Å². The Kier molecular flexibility index (Phi) is 5.40. The first kappa shape index (κ1) is 15.1. The van der Waals surface area contributed by atoms with Crippen molar-refractivity contribution in [2.75, 3.05) is 5.32 Å². The third-order valence-electron chi connectivity index (χ3n) is 2.75. The maximum atomic E-state index is 11.7. The van der Waals surface area contributed by atoms with Crippen LogP contribution in [0, 0.1) is 0 Å². The number of halogens is 1. The number of hydrogen-bond acceptors (Lipinski definition) is 3. The average Bonchev–Trinajstić information content (AvgIpc) is 2.99. The zero-order valence-electron chi connectivity index (χ0n) is 11.3. The molecule has 5 nitrogen and oxygen atoms in total. The Morgan fingerprint density at radius 1 is 1.05 bits per heavy atom. The SMILES string of the molecule is O=C(CCC(=O)Nc1ccc(Cl)cc1)NCc1ccco1. The van der Waals surface area contributed by atoms with Gasteiger partial charge in [-0.1, -0.05) is 11.6 Å². The average molecular weight is 307 g/mol. The van der Waals surface area contributed by atoms with Gasteiger partial charge in [0.2, 0.25) is 11.8 Å². The van der Waals surface area contributed by atoms with Gasteiger partial charge < -0.3 is 15.1 Å². The van der Waals surface area contributed by atoms with E-state index in [2.05, 4.69) is 10.6 Å². The smallest absolute Gasteiger partial charge is 0.224 e. The monoisotopic (exact) mass is 306 g/mol. The third kappa shape index (κ3) is 5.31. The van der Waals surface area contributed by atoms with Crippen molar-refractivity contribution in [3.05, 3.63) is 53.4 Å². The predicted octanol–water partition coefficient (Wildman–Crippen LogP) is 2.97. The molecule has 0 saturated carbocycles. The lowest BCUT2D eigenvalue weighted by Gasteiger charge is -2.06. The summed E-state index contributed by atoms with van der Waals surface area (Å²) < 4.78 is 5.09. The van der Waals surface area contributed by atoms with Gasteiger partial charge in [-0.05, 0) is 36.4 Å². The van der Waals surface area contributed by atoms with Crippen molar-refractivity contribution in [3.63, 3.8) is 0 Å². The van der Waals surface area contributed by atoms with Gasteiger partial charge in [0.25, 0.3) is 0 Å². The van der Waals surface area contributed by atoms with E-state index in [1.165, 1.54) is 0 Å². The maximum absolute atomic E-state index is 11.7. The molecule has 1 aromatic heterocycles. The van der Waals surface area contributed by atoms with Crippen molar-refractivity contribution in [2.24, 2.45) is 0 Å². The minimum atomic E-state index is -0.217. The Labute approximate surface area is 127 Å². The number of nitrogens with one attached hydrogen (secondary N) is 2. The topological polar surface area (TPSA) is 71.3 Å². The van der Waals surface area contributed by atoms with Crippen molar-refractivity contribution >= 4 is 29.1 Å². The van der Waals surface area contributed by atoms with Gasteiger partial charge in [0.15, 0.2) is 0 Å². The van der Waals surface area contributed by atoms with Gasteiger partial charge >= 0.3 is 0 Å². The summed E-state index contributed by atoms with van der Waals surface area (Å²) in [5.41, 5.74) is 0.653. The van der Waals surface area contributed by atoms with Gasteiger partial charge in [-0.3, -0.25) is 9.59 Å². The highest BCUT2D eigenvalue weighted by Crippen LogP contribution is 2.13. The summed E-state index contributed by atoms with van der Waals surface area (Å²) in [6, 6.07) is 10.3. The van der Waals surface area contributed by atoms with Gasteiger partial charge in [0.1, 0.15) is 5.76 Å². The summed E-state index contributed by atoms with van der Waals surface area (Å²) in [6.45, 7) is 0.324. The first-order valence-corrected chi connectivity index (χ1v) is 6.86. The number of anilines is 1. The molecule has 0 atom stereocenters. The summed E-state index contributed by atoms with van der Waals surface area (Å²) in [5, 5.41) is 5.98. The van der Waals surface area contributed by atoms with Crippen molar-refractivity contribution < 1.29 is 14.0 Å². The Balaban J connectivity index is 1.68. The molecule has 0 saturated heterocycles. The van der Waals surface area contributed by atoms with Crippen LogP contribution in [0.1, 0.15) is 18.6 Å². The Morgan fingerprint density at radius 2 is 1.76 bits per heavy atom. The van der Waals surface area contributed by atoms with E-state index in [0.29, 0.717) is 23.0 Å². The van der Waals surface area contributed by atoms with Crippen molar-refractivity contribution in [2.45, 2.75) is 19.4 Å². The molecule has 110 valence electrons.